The quantitative estimate of drug-likeness (QED) is 0.679. The van der Waals surface area contributed by atoms with E-state index in [4.69, 9.17) is 10.5 Å². The highest BCUT2D eigenvalue weighted by Crippen LogP contribution is 2.25. The summed E-state index contributed by atoms with van der Waals surface area (Å²) in [6.45, 7) is 5.35. The number of thioether (sulfide) groups is 1. The van der Waals surface area contributed by atoms with Crippen molar-refractivity contribution in [2.24, 2.45) is 0 Å². The Kier molecular flexibility index (Phi) is 4.71. The van der Waals surface area contributed by atoms with Crippen molar-refractivity contribution in [2.45, 2.75) is 31.0 Å². The minimum Gasteiger partial charge on any atom is -0.398 e. The van der Waals surface area contributed by atoms with Gasteiger partial charge >= 0.3 is 0 Å². The number of rotatable bonds is 3. The molecule has 19 heavy (non-hydrogen) atoms. The lowest BCUT2D eigenvalue weighted by Gasteiger charge is -2.35. The van der Waals surface area contributed by atoms with Crippen molar-refractivity contribution >= 4 is 23.4 Å². The molecule has 1 heterocycles. The van der Waals surface area contributed by atoms with Crippen LogP contribution >= 0.6 is 11.8 Å². The van der Waals surface area contributed by atoms with E-state index in [9.17, 15) is 4.79 Å². The second kappa shape index (κ2) is 6.30. The number of hydrogen-bond acceptors (Lipinski definition) is 4. The van der Waals surface area contributed by atoms with Gasteiger partial charge in [0.05, 0.1) is 18.0 Å². The molecule has 0 saturated carbocycles. The van der Waals surface area contributed by atoms with Crippen molar-refractivity contribution < 1.29 is 9.53 Å². The largest absolute Gasteiger partial charge is 0.398 e. The number of anilines is 1. The Morgan fingerprint density at radius 2 is 2.00 bits per heavy atom. The van der Waals surface area contributed by atoms with Crippen molar-refractivity contribution in [3.8, 4) is 0 Å². The number of nitrogens with zero attached hydrogens (tertiary/aromatic N) is 1. The number of morpholine rings is 1. The predicted molar refractivity (Wildman–Crippen MR) is 78.2 cm³/mol. The topological polar surface area (TPSA) is 55.6 Å². The number of nitrogen functional groups attached to an aromatic ring is 1. The molecule has 0 radical (unpaired) electrons. The normalized spacial score (nSPS) is 23.4. The maximum absolute atomic E-state index is 12.2. The second-order valence-corrected chi connectivity index (χ2v) is 5.90. The molecule has 0 aliphatic carbocycles. The van der Waals surface area contributed by atoms with Gasteiger partial charge in [0.1, 0.15) is 0 Å². The molecule has 2 atom stereocenters. The third-order valence-corrected chi connectivity index (χ3v) is 4.12. The Bertz CT molecular complexity index is 443. The Morgan fingerprint density at radius 3 is 2.63 bits per heavy atom. The monoisotopic (exact) mass is 280 g/mol. The summed E-state index contributed by atoms with van der Waals surface area (Å²) in [5.74, 6) is 0.573. The van der Waals surface area contributed by atoms with Crippen molar-refractivity contribution in [1.29, 1.82) is 0 Å². The van der Waals surface area contributed by atoms with Crippen LogP contribution in [0.1, 0.15) is 13.8 Å². The number of benzene rings is 1. The molecule has 2 N–H and O–H groups in total. The van der Waals surface area contributed by atoms with Crippen LogP contribution in [-0.2, 0) is 9.53 Å². The van der Waals surface area contributed by atoms with Gasteiger partial charge in [0, 0.05) is 23.7 Å². The molecule has 1 fully saturated rings. The molecule has 104 valence electrons. The van der Waals surface area contributed by atoms with Gasteiger partial charge in [-0.05, 0) is 26.0 Å². The lowest BCUT2D eigenvalue weighted by Crippen LogP contribution is -2.48. The summed E-state index contributed by atoms with van der Waals surface area (Å²) in [6.07, 6.45) is 0.221. The zero-order valence-electron chi connectivity index (χ0n) is 11.3. The molecule has 0 bridgehead atoms. The van der Waals surface area contributed by atoms with E-state index in [0.717, 1.165) is 10.6 Å². The molecular formula is C14H20N2O2S. The Morgan fingerprint density at radius 1 is 1.37 bits per heavy atom. The molecule has 4 nitrogen and oxygen atoms in total. The first kappa shape index (κ1) is 14.2. The van der Waals surface area contributed by atoms with Crippen LogP contribution in [0, 0.1) is 0 Å². The minimum absolute atomic E-state index is 0.111. The first-order valence-electron chi connectivity index (χ1n) is 6.47. The molecule has 5 heteroatoms. The van der Waals surface area contributed by atoms with E-state index in [-0.39, 0.29) is 18.1 Å². The number of amides is 1. The molecule has 1 aromatic carbocycles. The van der Waals surface area contributed by atoms with Gasteiger partial charge in [0.15, 0.2) is 0 Å². The number of carbonyl (C=O) groups excluding carboxylic acids is 1. The van der Waals surface area contributed by atoms with Crippen LogP contribution in [0.15, 0.2) is 29.2 Å². The van der Waals surface area contributed by atoms with Gasteiger partial charge in [-0.3, -0.25) is 4.79 Å². The zero-order valence-corrected chi connectivity index (χ0v) is 12.2. The van der Waals surface area contributed by atoms with Gasteiger partial charge in [-0.2, -0.15) is 0 Å². The van der Waals surface area contributed by atoms with E-state index < -0.39 is 0 Å². The molecule has 2 rings (SSSR count). The minimum atomic E-state index is 0.111. The van der Waals surface area contributed by atoms with Crippen molar-refractivity contribution in [1.82, 2.24) is 4.90 Å². The Balaban J connectivity index is 1.89. The SMILES string of the molecule is CC1CN(C(=O)CSc2ccccc2N)CC(C)O1. The number of hydrogen-bond donors (Lipinski definition) is 1. The second-order valence-electron chi connectivity index (χ2n) is 4.88. The van der Waals surface area contributed by atoms with Crippen LogP contribution in [0.3, 0.4) is 0 Å². The van der Waals surface area contributed by atoms with Crippen LogP contribution in [-0.4, -0.2) is 41.9 Å². The standard InChI is InChI=1S/C14H20N2O2S/c1-10-7-16(8-11(2)18-10)14(17)9-19-13-6-4-3-5-12(13)15/h3-6,10-11H,7-9,15H2,1-2H3. The summed E-state index contributed by atoms with van der Waals surface area (Å²) in [4.78, 5) is 15.0. The van der Waals surface area contributed by atoms with Crippen LogP contribution in [0.4, 0.5) is 5.69 Å². The fraction of sp³-hybridized carbons (Fsp3) is 0.500. The van der Waals surface area contributed by atoms with Gasteiger partial charge < -0.3 is 15.4 Å². The number of carbonyl (C=O) groups is 1. The number of ether oxygens (including phenoxy) is 1. The first-order chi connectivity index (χ1) is 9.06. The third-order valence-electron chi connectivity index (χ3n) is 3.04. The fourth-order valence-electron chi connectivity index (χ4n) is 2.22. The van der Waals surface area contributed by atoms with Gasteiger partial charge in [-0.1, -0.05) is 12.1 Å². The summed E-state index contributed by atoms with van der Waals surface area (Å²) >= 11 is 1.49. The molecule has 0 aromatic heterocycles. The predicted octanol–water partition coefficient (Wildman–Crippen LogP) is 2.00. The van der Waals surface area contributed by atoms with Crippen molar-refractivity contribution in [3.63, 3.8) is 0 Å². The average Bonchev–Trinajstić information content (AvgIpc) is 2.36. The highest BCUT2D eigenvalue weighted by molar-refractivity contribution is 8.00. The summed E-state index contributed by atoms with van der Waals surface area (Å²) in [5.41, 5.74) is 6.59. The molecule has 2 unspecified atom stereocenters. The Labute approximate surface area is 118 Å². The van der Waals surface area contributed by atoms with E-state index >= 15 is 0 Å². The maximum atomic E-state index is 12.2. The lowest BCUT2D eigenvalue weighted by molar-refractivity contribution is -0.140. The average molecular weight is 280 g/mol. The molecule has 1 saturated heterocycles. The first-order valence-corrected chi connectivity index (χ1v) is 7.45. The van der Waals surface area contributed by atoms with Crippen molar-refractivity contribution in [3.05, 3.63) is 24.3 Å². The zero-order chi connectivity index (χ0) is 13.8. The maximum Gasteiger partial charge on any atom is 0.233 e. The molecule has 1 amide bonds. The van der Waals surface area contributed by atoms with Crippen LogP contribution in [0.5, 0.6) is 0 Å². The van der Waals surface area contributed by atoms with Gasteiger partial charge in [0.2, 0.25) is 5.91 Å². The molecule has 1 aliphatic rings. The molecule has 1 aliphatic heterocycles. The molecule has 1 aromatic rings. The Hall–Kier alpha value is -1.20. The number of nitrogens with two attached hydrogens (primary N) is 1. The van der Waals surface area contributed by atoms with E-state index in [1.165, 1.54) is 11.8 Å². The van der Waals surface area contributed by atoms with E-state index in [1.54, 1.807) is 0 Å². The summed E-state index contributed by atoms with van der Waals surface area (Å²) in [7, 11) is 0. The smallest absolute Gasteiger partial charge is 0.233 e. The molecular weight excluding hydrogens is 260 g/mol. The van der Waals surface area contributed by atoms with Crippen LogP contribution in [0.25, 0.3) is 0 Å². The van der Waals surface area contributed by atoms with Gasteiger partial charge in [0.25, 0.3) is 0 Å². The number of para-hydroxylation sites is 1. The fourth-order valence-corrected chi connectivity index (χ4v) is 3.10. The highest BCUT2D eigenvalue weighted by atomic mass is 32.2. The van der Waals surface area contributed by atoms with Crippen LogP contribution in [0.2, 0.25) is 0 Å². The third kappa shape index (κ3) is 3.88. The van der Waals surface area contributed by atoms with Gasteiger partial charge in [-0.15, -0.1) is 11.8 Å². The molecule has 0 spiro atoms. The van der Waals surface area contributed by atoms with E-state index in [0.29, 0.717) is 18.8 Å². The highest BCUT2D eigenvalue weighted by Gasteiger charge is 2.25. The van der Waals surface area contributed by atoms with Gasteiger partial charge in [-0.25, -0.2) is 0 Å². The lowest BCUT2D eigenvalue weighted by atomic mass is 10.2. The van der Waals surface area contributed by atoms with E-state index in [1.807, 2.05) is 43.0 Å². The van der Waals surface area contributed by atoms with Crippen molar-refractivity contribution in [2.75, 3.05) is 24.6 Å². The summed E-state index contributed by atoms with van der Waals surface area (Å²) in [5, 5.41) is 0. The van der Waals surface area contributed by atoms with Crippen LogP contribution < -0.4 is 5.73 Å². The summed E-state index contributed by atoms with van der Waals surface area (Å²) in [6, 6.07) is 7.62. The van der Waals surface area contributed by atoms with E-state index in [2.05, 4.69) is 0 Å². The summed E-state index contributed by atoms with van der Waals surface area (Å²) < 4.78 is 5.63.